The molecule has 4 aromatic rings. The second-order valence-corrected chi connectivity index (χ2v) is 11.9. The number of amides is 1. The number of nitrogens with zero attached hydrogens (tertiary/aromatic N) is 2. The molecule has 3 unspecified atom stereocenters. The highest BCUT2D eigenvalue weighted by Crippen LogP contribution is 2.61. The van der Waals surface area contributed by atoms with Crippen molar-refractivity contribution in [1.29, 1.82) is 0 Å². The zero-order valence-electron chi connectivity index (χ0n) is 18.9. The fourth-order valence-electron chi connectivity index (χ4n) is 6.11. The van der Waals surface area contributed by atoms with E-state index in [2.05, 4.69) is 40.2 Å². The number of aromatic nitrogens is 2. The number of benzene rings is 2. The normalized spacial score (nSPS) is 23.3. The Morgan fingerprint density at radius 3 is 2.79 bits per heavy atom. The Hall–Kier alpha value is -2.02. The third kappa shape index (κ3) is 3.41. The number of rotatable bonds is 4. The van der Waals surface area contributed by atoms with Crippen molar-refractivity contribution in [3.63, 3.8) is 0 Å². The Balaban J connectivity index is 1.39. The lowest BCUT2D eigenvalue weighted by Gasteiger charge is -2.60. The first-order valence-electron chi connectivity index (χ1n) is 11.6. The van der Waals surface area contributed by atoms with Crippen molar-refractivity contribution in [2.45, 2.75) is 33.1 Å². The molecule has 0 radical (unpaired) electrons. The van der Waals surface area contributed by atoms with Crippen molar-refractivity contribution in [2.75, 3.05) is 6.54 Å². The summed E-state index contributed by atoms with van der Waals surface area (Å²) in [5.41, 5.74) is 3.09. The maximum atomic E-state index is 13.4. The SMILES string of the molecule is CC1(C)C2CCC(CNC(=O)c3nn(-c4ccc(Cl)cc4Cl)c4c3oc3cc(Br)ccc34)C1C2. The van der Waals surface area contributed by atoms with Crippen LogP contribution in [0.15, 0.2) is 45.3 Å². The molecule has 0 aliphatic heterocycles. The highest BCUT2D eigenvalue weighted by Gasteiger charge is 2.54. The number of carbonyl (C=O) groups excluding carboxylic acids is 1. The van der Waals surface area contributed by atoms with Gasteiger partial charge in [0.05, 0.1) is 10.7 Å². The molecule has 5 nitrogen and oxygen atoms in total. The largest absolute Gasteiger partial charge is 0.452 e. The van der Waals surface area contributed by atoms with E-state index in [-0.39, 0.29) is 11.6 Å². The van der Waals surface area contributed by atoms with Crippen LogP contribution >= 0.6 is 39.1 Å². The van der Waals surface area contributed by atoms with Gasteiger partial charge in [-0.1, -0.05) is 53.0 Å². The molecule has 8 heteroatoms. The smallest absolute Gasteiger partial charge is 0.275 e. The van der Waals surface area contributed by atoms with Crippen molar-refractivity contribution >= 4 is 67.1 Å². The number of nitrogens with one attached hydrogen (secondary N) is 1. The summed E-state index contributed by atoms with van der Waals surface area (Å²) in [6, 6.07) is 11.0. The van der Waals surface area contributed by atoms with Gasteiger partial charge in [-0.25, -0.2) is 4.68 Å². The van der Waals surface area contributed by atoms with Gasteiger partial charge in [0.15, 0.2) is 11.3 Å². The molecule has 2 aromatic carbocycles. The van der Waals surface area contributed by atoms with Crippen molar-refractivity contribution in [3.8, 4) is 5.69 Å². The van der Waals surface area contributed by atoms with Crippen LogP contribution in [0.1, 0.15) is 43.6 Å². The molecule has 2 aromatic heterocycles. The Morgan fingerprint density at radius 1 is 1.24 bits per heavy atom. The molecule has 1 N–H and O–H groups in total. The van der Waals surface area contributed by atoms with E-state index in [9.17, 15) is 4.79 Å². The van der Waals surface area contributed by atoms with E-state index in [1.54, 1.807) is 22.9 Å². The summed E-state index contributed by atoms with van der Waals surface area (Å²) in [5, 5.41) is 9.66. The Morgan fingerprint density at radius 2 is 2.06 bits per heavy atom. The lowest BCUT2D eigenvalue weighted by molar-refractivity contribution is -0.103. The van der Waals surface area contributed by atoms with E-state index in [0.717, 1.165) is 15.8 Å². The lowest BCUT2D eigenvalue weighted by Crippen LogP contribution is -2.54. The molecule has 176 valence electrons. The van der Waals surface area contributed by atoms with Crippen LogP contribution in [0, 0.1) is 23.2 Å². The summed E-state index contributed by atoms with van der Waals surface area (Å²) in [4.78, 5) is 13.4. The molecule has 34 heavy (non-hydrogen) atoms. The van der Waals surface area contributed by atoms with Crippen LogP contribution in [0.4, 0.5) is 0 Å². The summed E-state index contributed by atoms with van der Waals surface area (Å²) in [7, 11) is 0. The number of hydrogen-bond donors (Lipinski definition) is 1. The third-order valence-electron chi connectivity index (χ3n) is 8.13. The number of halogens is 3. The minimum atomic E-state index is -0.230. The van der Waals surface area contributed by atoms with Crippen LogP contribution in [0.3, 0.4) is 0 Å². The van der Waals surface area contributed by atoms with E-state index in [4.69, 9.17) is 27.6 Å². The summed E-state index contributed by atoms with van der Waals surface area (Å²) in [6.45, 7) is 5.39. The van der Waals surface area contributed by atoms with Crippen molar-refractivity contribution in [2.24, 2.45) is 23.2 Å². The average Bonchev–Trinajstić information content (AvgIpc) is 3.34. The van der Waals surface area contributed by atoms with Crippen LogP contribution in [0.25, 0.3) is 27.8 Å². The van der Waals surface area contributed by atoms with Crippen LogP contribution in [-0.2, 0) is 0 Å². The van der Waals surface area contributed by atoms with E-state index in [1.165, 1.54) is 19.3 Å². The highest BCUT2D eigenvalue weighted by molar-refractivity contribution is 9.10. The zero-order valence-corrected chi connectivity index (χ0v) is 22.0. The number of hydrogen-bond acceptors (Lipinski definition) is 3. The molecule has 3 fully saturated rings. The molecule has 2 bridgehead atoms. The Kier molecular flexibility index (Phi) is 5.28. The molecule has 1 amide bonds. The topological polar surface area (TPSA) is 60.1 Å². The third-order valence-corrected chi connectivity index (χ3v) is 9.16. The quantitative estimate of drug-likeness (QED) is 0.279. The molecular formula is C26H24BrCl2N3O2. The molecule has 3 aliphatic carbocycles. The van der Waals surface area contributed by atoms with Crippen LogP contribution in [0.5, 0.6) is 0 Å². The predicted octanol–water partition coefficient (Wildman–Crippen LogP) is 7.64. The maximum absolute atomic E-state index is 13.4. The molecular weight excluding hydrogens is 537 g/mol. The number of furan rings is 1. The Bertz CT molecular complexity index is 1460. The molecule has 3 saturated carbocycles. The molecule has 0 spiro atoms. The fraction of sp³-hybridized carbons (Fsp3) is 0.385. The van der Waals surface area contributed by atoms with Gasteiger partial charge in [-0.05, 0) is 78.8 Å². The van der Waals surface area contributed by atoms with Crippen LogP contribution < -0.4 is 5.32 Å². The summed E-state index contributed by atoms with van der Waals surface area (Å²) >= 11 is 16.1. The van der Waals surface area contributed by atoms with Gasteiger partial charge >= 0.3 is 0 Å². The second kappa shape index (κ2) is 8.00. The lowest BCUT2D eigenvalue weighted by atomic mass is 9.45. The summed E-state index contributed by atoms with van der Waals surface area (Å²) in [5.74, 6) is 1.77. The first kappa shape index (κ1) is 22.4. The molecule has 3 aliphatic rings. The minimum absolute atomic E-state index is 0.230. The first-order chi connectivity index (χ1) is 16.2. The monoisotopic (exact) mass is 559 g/mol. The van der Waals surface area contributed by atoms with Gasteiger partial charge in [0.2, 0.25) is 0 Å². The first-order valence-corrected chi connectivity index (χ1v) is 13.1. The number of fused-ring (bicyclic) bond motifs is 5. The van der Waals surface area contributed by atoms with Gasteiger partial charge in [0.25, 0.3) is 5.91 Å². The fourth-order valence-corrected chi connectivity index (χ4v) is 6.94. The van der Waals surface area contributed by atoms with Crippen molar-refractivity contribution < 1.29 is 9.21 Å². The molecule has 2 heterocycles. The molecule has 7 rings (SSSR count). The minimum Gasteiger partial charge on any atom is -0.452 e. The van der Waals surface area contributed by atoms with E-state index >= 15 is 0 Å². The highest BCUT2D eigenvalue weighted by atomic mass is 79.9. The zero-order chi connectivity index (χ0) is 23.8. The van der Waals surface area contributed by atoms with Gasteiger partial charge in [-0.15, -0.1) is 0 Å². The van der Waals surface area contributed by atoms with E-state index < -0.39 is 0 Å². The maximum Gasteiger partial charge on any atom is 0.275 e. The van der Waals surface area contributed by atoms with Gasteiger partial charge in [0.1, 0.15) is 11.1 Å². The summed E-state index contributed by atoms with van der Waals surface area (Å²) < 4.78 is 8.74. The number of carbonyl (C=O) groups is 1. The van der Waals surface area contributed by atoms with Crippen LogP contribution in [-0.4, -0.2) is 22.2 Å². The predicted molar refractivity (Wildman–Crippen MR) is 139 cm³/mol. The Labute approximate surface area is 215 Å². The van der Waals surface area contributed by atoms with Crippen molar-refractivity contribution in [3.05, 3.63) is 56.6 Å². The van der Waals surface area contributed by atoms with Gasteiger partial charge < -0.3 is 9.73 Å². The van der Waals surface area contributed by atoms with Gasteiger partial charge in [-0.2, -0.15) is 5.10 Å². The van der Waals surface area contributed by atoms with Gasteiger partial charge in [-0.3, -0.25) is 4.79 Å². The van der Waals surface area contributed by atoms with Crippen LogP contribution in [0.2, 0.25) is 10.0 Å². The van der Waals surface area contributed by atoms with Crippen molar-refractivity contribution in [1.82, 2.24) is 15.1 Å². The average molecular weight is 561 g/mol. The molecule has 0 saturated heterocycles. The standard InChI is InChI=1S/C26H24BrCl2N3O2/c1-26(2)14-4-3-13(18(26)9-14)12-30-25(33)22-24-23(17-7-5-15(27)10-21(17)34-24)32(31-22)20-8-6-16(28)11-19(20)29/h5-8,10-11,13-14,18H,3-4,9,12H2,1-2H3,(H,30,33). The summed E-state index contributed by atoms with van der Waals surface area (Å²) in [6.07, 6.45) is 3.69. The molecule has 3 atom stereocenters. The van der Waals surface area contributed by atoms with Gasteiger partial charge in [0, 0.05) is 21.4 Å². The van der Waals surface area contributed by atoms with E-state index in [0.29, 0.717) is 56.2 Å². The second-order valence-electron chi connectivity index (χ2n) is 10.2. The van der Waals surface area contributed by atoms with E-state index in [1.807, 2.05) is 18.2 Å².